The highest BCUT2D eigenvalue weighted by Gasteiger charge is 2.28. The lowest BCUT2D eigenvalue weighted by Crippen LogP contribution is -2.41. The third-order valence-electron chi connectivity index (χ3n) is 3.76. The number of hydrogen-bond donors (Lipinski definition) is 2. The summed E-state index contributed by atoms with van der Waals surface area (Å²) in [5.74, 6) is 0.175. The van der Waals surface area contributed by atoms with Crippen LogP contribution >= 0.6 is 0 Å². The molecule has 2 atom stereocenters. The van der Waals surface area contributed by atoms with Crippen molar-refractivity contribution in [1.82, 2.24) is 10.2 Å². The molecule has 1 heterocycles. The molecule has 1 aromatic rings. The second-order valence-electron chi connectivity index (χ2n) is 5.16. The first-order valence-electron chi connectivity index (χ1n) is 6.97. The predicted octanol–water partition coefficient (Wildman–Crippen LogP) is 1.29. The number of nitrogens with two attached hydrogens (primary N) is 1. The third-order valence-corrected chi connectivity index (χ3v) is 3.76. The van der Waals surface area contributed by atoms with Gasteiger partial charge in [-0.05, 0) is 25.5 Å². The summed E-state index contributed by atoms with van der Waals surface area (Å²) in [6, 6.07) is 9.96. The first kappa shape index (κ1) is 14.0. The standard InChI is InChI=1S/C15H23N3O/c1-17-11-13-8-5-9-18(13)15(19)10-14(16)12-6-3-2-4-7-12/h2-4,6-7,13-14,17H,5,8-11,16H2,1H3. The van der Waals surface area contributed by atoms with Crippen LogP contribution in [-0.4, -0.2) is 37.0 Å². The summed E-state index contributed by atoms with van der Waals surface area (Å²) in [4.78, 5) is 14.3. The second-order valence-corrected chi connectivity index (χ2v) is 5.16. The molecule has 3 N–H and O–H groups in total. The molecular weight excluding hydrogens is 238 g/mol. The summed E-state index contributed by atoms with van der Waals surface area (Å²) < 4.78 is 0. The van der Waals surface area contributed by atoms with Crippen LogP contribution in [0.25, 0.3) is 0 Å². The van der Waals surface area contributed by atoms with Gasteiger partial charge in [0.05, 0.1) is 0 Å². The molecule has 0 aromatic heterocycles. The van der Waals surface area contributed by atoms with E-state index in [4.69, 9.17) is 5.73 Å². The number of benzene rings is 1. The van der Waals surface area contributed by atoms with Crippen LogP contribution in [0, 0.1) is 0 Å². The Balaban J connectivity index is 1.93. The number of likely N-dealkylation sites (tertiary alicyclic amines) is 1. The molecule has 19 heavy (non-hydrogen) atoms. The van der Waals surface area contributed by atoms with Crippen LogP contribution < -0.4 is 11.1 Å². The maximum atomic E-state index is 12.3. The number of carbonyl (C=O) groups excluding carboxylic acids is 1. The molecule has 1 aliphatic heterocycles. The Labute approximate surface area is 115 Å². The van der Waals surface area contributed by atoms with Crippen molar-refractivity contribution >= 4 is 5.91 Å². The molecule has 1 aliphatic rings. The van der Waals surface area contributed by atoms with Gasteiger partial charge in [0.25, 0.3) is 0 Å². The van der Waals surface area contributed by atoms with Gasteiger partial charge in [0.2, 0.25) is 5.91 Å². The van der Waals surface area contributed by atoms with E-state index in [-0.39, 0.29) is 11.9 Å². The monoisotopic (exact) mass is 261 g/mol. The van der Waals surface area contributed by atoms with E-state index in [1.54, 1.807) is 0 Å². The lowest BCUT2D eigenvalue weighted by molar-refractivity contribution is -0.132. The van der Waals surface area contributed by atoms with E-state index in [0.717, 1.165) is 31.5 Å². The van der Waals surface area contributed by atoms with E-state index in [0.29, 0.717) is 12.5 Å². The van der Waals surface area contributed by atoms with Crippen molar-refractivity contribution in [3.63, 3.8) is 0 Å². The summed E-state index contributed by atoms with van der Waals surface area (Å²) >= 11 is 0. The van der Waals surface area contributed by atoms with Gasteiger partial charge in [-0.2, -0.15) is 0 Å². The minimum Gasteiger partial charge on any atom is -0.338 e. The molecule has 1 fully saturated rings. The molecule has 0 radical (unpaired) electrons. The van der Waals surface area contributed by atoms with Crippen molar-refractivity contribution < 1.29 is 4.79 Å². The van der Waals surface area contributed by atoms with E-state index in [2.05, 4.69) is 5.32 Å². The maximum absolute atomic E-state index is 12.3. The Morgan fingerprint density at radius 2 is 2.21 bits per heavy atom. The van der Waals surface area contributed by atoms with Crippen LogP contribution in [0.3, 0.4) is 0 Å². The average molecular weight is 261 g/mol. The fraction of sp³-hybridized carbons (Fsp3) is 0.533. The van der Waals surface area contributed by atoms with Crippen LogP contribution in [0.4, 0.5) is 0 Å². The van der Waals surface area contributed by atoms with Gasteiger partial charge in [-0.25, -0.2) is 0 Å². The van der Waals surface area contributed by atoms with Crippen LogP contribution in [0.2, 0.25) is 0 Å². The quantitative estimate of drug-likeness (QED) is 0.839. The number of hydrogen-bond acceptors (Lipinski definition) is 3. The van der Waals surface area contributed by atoms with Crippen molar-refractivity contribution in [3.8, 4) is 0 Å². The maximum Gasteiger partial charge on any atom is 0.224 e. The second kappa shape index (κ2) is 6.68. The van der Waals surface area contributed by atoms with Crippen LogP contribution in [0.1, 0.15) is 30.9 Å². The van der Waals surface area contributed by atoms with Gasteiger partial charge in [-0.15, -0.1) is 0 Å². The van der Waals surface area contributed by atoms with Crippen molar-refractivity contribution in [2.24, 2.45) is 5.73 Å². The van der Waals surface area contributed by atoms with Gasteiger partial charge in [0.15, 0.2) is 0 Å². The molecule has 0 saturated carbocycles. The summed E-state index contributed by atoms with van der Waals surface area (Å²) in [7, 11) is 1.93. The molecule has 1 aromatic carbocycles. The Morgan fingerprint density at radius 1 is 1.47 bits per heavy atom. The topological polar surface area (TPSA) is 58.4 Å². The van der Waals surface area contributed by atoms with Gasteiger partial charge in [0, 0.05) is 31.6 Å². The zero-order valence-corrected chi connectivity index (χ0v) is 11.5. The van der Waals surface area contributed by atoms with Gasteiger partial charge in [0.1, 0.15) is 0 Å². The number of rotatable bonds is 5. The molecule has 1 amide bonds. The zero-order valence-electron chi connectivity index (χ0n) is 11.5. The zero-order chi connectivity index (χ0) is 13.7. The molecular formula is C15H23N3O. The Kier molecular flexibility index (Phi) is 4.93. The lowest BCUT2D eigenvalue weighted by Gasteiger charge is -2.26. The Morgan fingerprint density at radius 3 is 2.89 bits per heavy atom. The molecule has 4 heteroatoms. The third kappa shape index (κ3) is 3.55. The Hall–Kier alpha value is -1.39. The van der Waals surface area contributed by atoms with E-state index < -0.39 is 0 Å². The van der Waals surface area contributed by atoms with Gasteiger partial charge in [-0.3, -0.25) is 4.79 Å². The predicted molar refractivity (Wildman–Crippen MR) is 76.6 cm³/mol. The van der Waals surface area contributed by atoms with Crippen LogP contribution in [0.15, 0.2) is 30.3 Å². The van der Waals surface area contributed by atoms with Crippen molar-refractivity contribution in [2.75, 3.05) is 20.1 Å². The summed E-state index contributed by atoms with van der Waals surface area (Å²) in [5.41, 5.74) is 7.15. The van der Waals surface area contributed by atoms with Gasteiger partial charge in [-0.1, -0.05) is 30.3 Å². The fourth-order valence-corrected chi connectivity index (χ4v) is 2.74. The van der Waals surface area contributed by atoms with Crippen LogP contribution in [-0.2, 0) is 4.79 Å². The van der Waals surface area contributed by atoms with Crippen molar-refractivity contribution in [2.45, 2.75) is 31.3 Å². The van der Waals surface area contributed by atoms with Gasteiger partial charge >= 0.3 is 0 Å². The molecule has 0 spiro atoms. The Bertz CT molecular complexity index is 407. The molecule has 2 rings (SSSR count). The highest BCUT2D eigenvalue weighted by molar-refractivity contribution is 5.77. The number of amides is 1. The minimum absolute atomic E-state index is 0.175. The van der Waals surface area contributed by atoms with E-state index >= 15 is 0 Å². The van der Waals surface area contributed by atoms with Crippen molar-refractivity contribution in [1.29, 1.82) is 0 Å². The van der Waals surface area contributed by atoms with Crippen LogP contribution in [0.5, 0.6) is 0 Å². The molecule has 4 nitrogen and oxygen atoms in total. The largest absolute Gasteiger partial charge is 0.338 e. The summed E-state index contributed by atoms with van der Waals surface area (Å²) in [5, 5.41) is 3.15. The summed E-state index contributed by atoms with van der Waals surface area (Å²) in [6.45, 7) is 1.74. The smallest absolute Gasteiger partial charge is 0.224 e. The molecule has 2 unspecified atom stereocenters. The number of likely N-dealkylation sites (N-methyl/N-ethyl adjacent to an activating group) is 1. The SMILES string of the molecule is CNCC1CCCN1C(=O)CC(N)c1ccccc1. The van der Waals surface area contributed by atoms with Gasteiger partial charge < -0.3 is 16.0 Å². The van der Waals surface area contributed by atoms with E-state index in [9.17, 15) is 4.79 Å². The highest BCUT2D eigenvalue weighted by Crippen LogP contribution is 2.21. The normalized spacial score (nSPS) is 20.5. The molecule has 104 valence electrons. The van der Waals surface area contributed by atoms with E-state index in [1.807, 2.05) is 42.3 Å². The molecule has 0 aliphatic carbocycles. The number of nitrogens with zero attached hydrogens (tertiary/aromatic N) is 1. The lowest BCUT2D eigenvalue weighted by atomic mass is 10.0. The fourth-order valence-electron chi connectivity index (χ4n) is 2.74. The highest BCUT2D eigenvalue weighted by atomic mass is 16.2. The number of nitrogens with one attached hydrogen (secondary N) is 1. The average Bonchev–Trinajstić information content (AvgIpc) is 2.88. The first-order chi connectivity index (χ1) is 9.22. The minimum atomic E-state index is -0.204. The van der Waals surface area contributed by atoms with E-state index in [1.165, 1.54) is 0 Å². The first-order valence-corrected chi connectivity index (χ1v) is 6.97. The number of carbonyl (C=O) groups is 1. The summed E-state index contributed by atoms with van der Waals surface area (Å²) in [6.07, 6.45) is 2.58. The molecule has 0 bridgehead atoms. The molecule has 1 saturated heterocycles. The van der Waals surface area contributed by atoms with Crippen molar-refractivity contribution in [3.05, 3.63) is 35.9 Å².